The quantitative estimate of drug-likeness (QED) is 0.448. The van der Waals surface area contributed by atoms with Crippen molar-refractivity contribution in [2.24, 2.45) is 0 Å². The average molecular weight is 361 g/mol. The Morgan fingerprint density at radius 3 is 2.30 bits per heavy atom. The van der Waals surface area contributed by atoms with Gasteiger partial charge in [-0.3, -0.25) is 4.79 Å². The number of rotatable bonds is 9. The Morgan fingerprint density at radius 2 is 1.63 bits per heavy atom. The van der Waals surface area contributed by atoms with Crippen LogP contribution in [0.2, 0.25) is 0 Å². The molecule has 0 N–H and O–H groups in total. The molecule has 3 heteroatoms. The maximum Gasteiger partial charge on any atom is 0.254 e. The SMILES string of the molecule is CCCCCc1ccc(C(=O)N(Cc2ccccc2)Cc2ccco2)cc1. The topological polar surface area (TPSA) is 33.5 Å². The van der Waals surface area contributed by atoms with Crippen molar-refractivity contribution in [3.8, 4) is 0 Å². The molecule has 1 aromatic heterocycles. The molecule has 0 aliphatic carbocycles. The van der Waals surface area contributed by atoms with Crippen molar-refractivity contribution in [1.29, 1.82) is 0 Å². The number of benzene rings is 2. The number of carbonyl (C=O) groups is 1. The van der Waals surface area contributed by atoms with Crippen molar-refractivity contribution < 1.29 is 9.21 Å². The summed E-state index contributed by atoms with van der Waals surface area (Å²) in [7, 11) is 0. The van der Waals surface area contributed by atoms with Crippen LogP contribution in [0.15, 0.2) is 77.4 Å². The minimum absolute atomic E-state index is 0.0235. The molecule has 0 radical (unpaired) electrons. The highest BCUT2D eigenvalue weighted by molar-refractivity contribution is 5.94. The first-order valence-corrected chi connectivity index (χ1v) is 9.71. The molecular formula is C24H27NO2. The number of hydrogen-bond acceptors (Lipinski definition) is 2. The molecule has 0 atom stereocenters. The summed E-state index contributed by atoms with van der Waals surface area (Å²) in [5, 5.41) is 0. The number of amides is 1. The number of aryl methyl sites for hydroxylation is 1. The van der Waals surface area contributed by atoms with E-state index in [2.05, 4.69) is 19.1 Å². The summed E-state index contributed by atoms with van der Waals surface area (Å²) in [6, 6.07) is 21.9. The zero-order valence-electron chi connectivity index (χ0n) is 15.9. The van der Waals surface area contributed by atoms with Gasteiger partial charge in [0.05, 0.1) is 12.8 Å². The van der Waals surface area contributed by atoms with Crippen molar-refractivity contribution in [2.75, 3.05) is 0 Å². The lowest BCUT2D eigenvalue weighted by Crippen LogP contribution is -2.30. The molecule has 1 amide bonds. The zero-order valence-corrected chi connectivity index (χ0v) is 15.9. The number of carbonyl (C=O) groups excluding carboxylic acids is 1. The smallest absolute Gasteiger partial charge is 0.254 e. The van der Waals surface area contributed by atoms with Crippen LogP contribution in [0.4, 0.5) is 0 Å². The predicted molar refractivity (Wildman–Crippen MR) is 108 cm³/mol. The summed E-state index contributed by atoms with van der Waals surface area (Å²) >= 11 is 0. The van der Waals surface area contributed by atoms with Crippen LogP contribution >= 0.6 is 0 Å². The van der Waals surface area contributed by atoms with Gasteiger partial charge in [-0.05, 0) is 48.2 Å². The van der Waals surface area contributed by atoms with Crippen LogP contribution in [0.25, 0.3) is 0 Å². The molecule has 0 bridgehead atoms. The van der Waals surface area contributed by atoms with Crippen LogP contribution in [-0.2, 0) is 19.5 Å². The van der Waals surface area contributed by atoms with Crippen LogP contribution in [0.1, 0.15) is 53.4 Å². The number of nitrogens with zero attached hydrogens (tertiary/aromatic N) is 1. The summed E-state index contributed by atoms with van der Waals surface area (Å²) < 4.78 is 5.47. The molecule has 1 heterocycles. The maximum absolute atomic E-state index is 13.1. The van der Waals surface area contributed by atoms with E-state index in [0.717, 1.165) is 23.3 Å². The second-order valence-electron chi connectivity index (χ2n) is 6.88. The van der Waals surface area contributed by atoms with Gasteiger partial charge < -0.3 is 9.32 Å². The molecule has 3 nitrogen and oxygen atoms in total. The molecule has 0 unspecified atom stereocenters. The lowest BCUT2D eigenvalue weighted by atomic mass is 10.0. The highest BCUT2D eigenvalue weighted by atomic mass is 16.3. The maximum atomic E-state index is 13.1. The largest absolute Gasteiger partial charge is 0.467 e. The van der Waals surface area contributed by atoms with Gasteiger partial charge in [0.1, 0.15) is 5.76 Å². The van der Waals surface area contributed by atoms with Gasteiger partial charge in [-0.1, -0.05) is 62.2 Å². The number of furan rings is 1. The van der Waals surface area contributed by atoms with E-state index < -0.39 is 0 Å². The molecule has 27 heavy (non-hydrogen) atoms. The van der Waals surface area contributed by atoms with Crippen molar-refractivity contribution in [3.63, 3.8) is 0 Å². The van der Waals surface area contributed by atoms with Crippen LogP contribution in [0, 0.1) is 0 Å². The van der Waals surface area contributed by atoms with Gasteiger partial charge in [0.2, 0.25) is 0 Å². The van der Waals surface area contributed by atoms with Crippen LogP contribution in [0.3, 0.4) is 0 Å². The highest BCUT2D eigenvalue weighted by Gasteiger charge is 2.18. The Balaban J connectivity index is 1.73. The van der Waals surface area contributed by atoms with Gasteiger partial charge in [0.15, 0.2) is 0 Å². The summed E-state index contributed by atoms with van der Waals surface area (Å²) in [6.07, 6.45) is 6.38. The minimum Gasteiger partial charge on any atom is -0.467 e. The van der Waals surface area contributed by atoms with Crippen molar-refractivity contribution in [1.82, 2.24) is 4.90 Å². The van der Waals surface area contributed by atoms with E-state index in [1.807, 2.05) is 59.5 Å². The first-order valence-electron chi connectivity index (χ1n) is 9.71. The average Bonchev–Trinajstić information content (AvgIpc) is 3.22. The van der Waals surface area contributed by atoms with Crippen LogP contribution in [-0.4, -0.2) is 10.8 Å². The van der Waals surface area contributed by atoms with E-state index in [4.69, 9.17) is 4.42 Å². The van der Waals surface area contributed by atoms with Gasteiger partial charge in [-0.25, -0.2) is 0 Å². The van der Waals surface area contributed by atoms with Gasteiger partial charge in [0.25, 0.3) is 5.91 Å². The minimum atomic E-state index is 0.0235. The van der Waals surface area contributed by atoms with E-state index in [0.29, 0.717) is 13.1 Å². The fraction of sp³-hybridized carbons (Fsp3) is 0.292. The second kappa shape index (κ2) is 9.77. The Kier molecular flexibility index (Phi) is 6.86. The third kappa shape index (κ3) is 5.58. The molecule has 0 spiro atoms. The Bertz CT molecular complexity index is 807. The van der Waals surface area contributed by atoms with E-state index in [1.165, 1.54) is 24.8 Å². The lowest BCUT2D eigenvalue weighted by Gasteiger charge is -2.22. The zero-order chi connectivity index (χ0) is 18.9. The first-order chi connectivity index (χ1) is 13.3. The molecular weight excluding hydrogens is 334 g/mol. The third-order valence-electron chi connectivity index (χ3n) is 4.70. The summed E-state index contributed by atoms with van der Waals surface area (Å²) in [4.78, 5) is 15.0. The number of hydrogen-bond donors (Lipinski definition) is 0. The van der Waals surface area contributed by atoms with E-state index in [-0.39, 0.29) is 5.91 Å². The van der Waals surface area contributed by atoms with Crippen molar-refractivity contribution in [3.05, 3.63) is 95.4 Å². The van der Waals surface area contributed by atoms with Gasteiger partial charge >= 0.3 is 0 Å². The number of unbranched alkanes of at least 4 members (excludes halogenated alkanes) is 2. The predicted octanol–water partition coefficient (Wildman–Crippen LogP) is 5.85. The Hall–Kier alpha value is -2.81. The summed E-state index contributed by atoms with van der Waals surface area (Å²) in [6.45, 7) is 3.22. The van der Waals surface area contributed by atoms with Gasteiger partial charge in [-0.2, -0.15) is 0 Å². The first kappa shape index (κ1) is 19.0. The third-order valence-corrected chi connectivity index (χ3v) is 4.70. The molecule has 2 aromatic carbocycles. The second-order valence-corrected chi connectivity index (χ2v) is 6.88. The molecule has 140 valence electrons. The van der Waals surface area contributed by atoms with E-state index >= 15 is 0 Å². The van der Waals surface area contributed by atoms with Crippen molar-refractivity contribution >= 4 is 5.91 Å². The van der Waals surface area contributed by atoms with Crippen LogP contribution in [0.5, 0.6) is 0 Å². The molecule has 0 aliphatic rings. The van der Waals surface area contributed by atoms with Crippen LogP contribution < -0.4 is 0 Å². The summed E-state index contributed by atoms with van der Waals surface area (Å²) in [5.41, 5.74) is 3.12. The molecule has 3 rings (SSSR count). The molecule has 0 fully saturated rings. The monoisotopic (exact) mass is 361 g/mol. The molecule has 3 aromatic rings. The molecule has 0 saturated heterocycles. The lowest BCUT2D eigenvalue weighted by molar-refractivity contribution is 0.0717. The Morgan fingerprint density at radius 1 is 0.852 bits per heavy atom. The molecule has 0 aliphatic heterocycles. The summed E-state index contributed by atoms with van der Waals surface area (Å²) in [5.74, 6) is 0.811. The fourth-order valence-electron chi connectivity index (χ4n) is 3.17. The van der Waals surface area contributed by atoms with E-state index in [1.54, 1.807) is 6.26 Å². The molecule has 0 saturated carbocycles. The normalized spacial score (nSPS) is 10.7. The van der Waals surface area contributed by atoms with Gasteiger partial charge in [-0.15, -0.1) is 0 Å². The van der Waals surface area contributed by atoms with E-state index in [9.17, 15) is 4.79 Å². The van der Waals surface area contributed by atoms with Gasteiger partial charge in [0, 0.05) is 12.1 Å². The Labute approximate surface area is 161 Å². The van der Waals surface area contributed by atoms with Crippen molar-refractivity contribution in [2.45, 2.75) is 45.7 Å². The highest BCUT2D eigenvalue weighted by Crippen LogP contribution is 2.16. The fourth-order valence-corrected chi connectivity index (χ4v) is 3.17. The standard InChI is InChI=1S/C24H27NO2/c1-2-3-5-9-20-13-15-22(16-14-20)24(26)25(19-23-12-8-17-27-23)18-21-10-6-4-7-11-21/h4,6-8,10-17H,2-3,5,9,18-19H2,1H3.